The van der Waals surface area contributed by atoms with E-state index in [1.165, 1.54) is 0 Å². The number of hydrogen-bond acceptors (Lipinski definition) is 4. The summed E-state index contributed by atoms with van der Waals surface area (Å²) in [4.78, 5) is 16.6. The molecule has 0 aliphatic carbocycles. The highest BCUT2D eigenvalue weighted by atomic mass is 16.1. The smallest absolute Gasteiger partial charge is 0.231 e. The van der Waals surface area contributed by atoms with Crippen LogP contribution in [0.3, 0.4) is 0 Å². The SMILES string of the molecule is CC[C@H](C(=O)Nc1ccc(-c2ccc(N3CC[NH+](C)CC3)nn2)cc1)c1ccccc1. The van der Waals surface area contributed by atoms with Crippen LogP contribution in [0.5, 0.6) is 0 Å². The third kappa shape index (κ3) is 5.09. The first-order valence-corrected chi connectivity index (χ1v) is 11.0. The molecule has 1 aliphatic heterocycles. The van der Waals surface area contributed by atoms with Gasteiger partial charge in [-0.05, 0) is 36.2 Å². The quantitative estimate of drug-likeness (QED) is 0.649. The summed E-state index contributed by atoms with van der Waals surface area (Å²) in [5, 5.41) is 11.9. The van der Waals surface area contributed by atoms with Crippen LogP contribution in [0.1, 0.15) is 24.8 Å². The molecule has 2 aromatic carbocycles. The second-order valence-electron chi connectivity index (χ2n) is 8.16. The van der Waals surface area contributed by atoms with Crippen molar-refractivity contribution in [1.29, 1.82) is 0 Å². The van der Waals surface area contributed by atoms with Gasteiger partial charge >= 0.3 is 0 Å². The Morgan fingerprint density at radius 3 is 2.32 bits per heavy atom. The number of carbonyl (C=O) groups is 1. The van der Waals surface area contributed by atoms with Crippen LogP contribution in [0, 0.1) is 0 Å². The number of nitrogens with zero attached hydrogens (tertiary/aromatic N) is 3. The fourth-order valence-corrected chi connectivity index (χ4v) is 3.98. The van der Waals surface area contributed by atoms with E-state index in [1.54, 1.807) is 4.90 Å². The van der Waals surface area contributed by atoms with Gasteiger partial charge in [0.2, 0.25) is 5.91 Å². The monoisotopic (exact) mass is 416 g/mol. The number of piperazine rings is 1. The molecule has 0 unspecified atom stereocenters. The number of carbonyl (C=O) groups excluding carboxylic acids is 1. The lowest BCUT2D eigenvalue weighted by Gasteiger charge is -2.30. The van der Waals surface area contributed by atoms with E-state index in [0.29, 0.717) is 0 Å². The molecule has 160 valence electrons. The Bertz CT molecular complexity index is 981. The Kier molecular flexibility index (Phi) is 6.57. The van der Waals surface area contributed by atoms with Gasteiger partial charge in [-0.2, -0.15) is 0 Å². The van der Waals surface area contributed by atoms with Crippen molar-refractivity contribution in [2.24, 2.45) is 0 Å². The van der Waals surface area contributed by atoms with Gasteiger partial charge in [-0.1, -0.05) is 49.4 Å². The van der Waals surface area contributed by atoms with Crippen LogP contribution in [0.15, 0.2) is 66.7 Å². The minimum atomic E-state index is -0.157. The molecule has 6 nitrogen and oxygen atoms in total. The molecule has 1 aromatic heterocycles. The Labute approximate surface area is 183 Å². The van der Waals surface area contributed by atoms with Crippen LogP contribution >= 0.6 is 0 Å². The zero-order chi connectivity index (χ0) is 21.6. The molecule has 0 bridgehead atoms. The largest absolute Gasteiger partial charge is 0.344 e. The van der Waals surface area contributed by atoms with Crippen molar-refractivity contribution in [3.05, 3.63) is 72.3 Å². The van der Waals surface area contributed by atoms with Gasteiger partial charge in [0, 0.05) is 11.3 Å². The van der Waals surface area contributed by atoms with Gasteiger partial charge < -0.3 is 15.1 Å². The first-order valence-electron chi connectivity index (χ1n) is 11.0. The molecule has 0 saturated carbocycles. The first-order chi connectivity index (χ1) is 15.1. The number of rotatable bonds is 6. The zero-order valence-electron chi connectivity index (χ0n) is 18.2. The van der Waals surface area contributed by atoms with Crippen LogP contribution < -0.4 is 15.1 Å². The lowest BCUT2D eigenvalue weighted by molar-refractivity contribution is -0.880. The zero-order valence-corrected chi connectivity index (χ0v) is 18.2. The topological polar surface area (TPSA) is 62.6 Å². The Morgan fingerprint density at radius 1 is 1.00 bits per heavy atom. The van der Waals surface area contributed by atoms with E-state index in [-0.39, 0.29) is 11.8 Å². The van der Waals surface area contributed by atoms with Gasteiger partial charge in [-0.25, -0.2) is 0 Å². The van der Waals surface area contributed by atoms with E-state index in [4.69, 9.17) is 0 Å². The maximum atomic E-state index is 12.8. The van der Waals surface area contributed by atoms with E-state index < -0.39 is 0 Å². The lowest BCUT2D eigenvalue weighted by atomic mass is 9.95. The predicted octanol–water partition coefficient (Wildman–Crippen LogP) is 2.61. The normalized spacial score (nSPS) is 15.5. The highest BCUT2D eigenvalue weighted by Gasteiger charge is 2.19. The van der Waals surface area contributed by atoms with Crippen LogP contribution in [0.4, 0.5) is 11.5 Å². The summed E-state index contributed by atoms with van der Waals surface area (Å²) in [5.41, 5.74) is 3.64. The summed E-state index contributed by atoms with van der Waals surface area (Å²) in [6, 6.07) is 21.8. The van der Waals surface area contributed by atoms with E-state index in [9.17, 15) is 4.79 Å². The fourth-order valence-electron chi connectivity index (χ4n) is 3.98. The summed E-state index contributed by atoms with van der Waals surface area (Å²) in [5.74, 6) is 0.793. The van der Waals surface area contributed by atoms with Gasteiger partial charge in [0.1, 0.15) is 0 Å². The third-order valence-corrected chi connectivity index (χ3v) is 5.97. The maximum Gasteiger partial charge on any atom is 0.231 e. The molecule has 31 heavy (non-hydrogen) atoms. The van der Waals surface area contributed by atoms with Crippen LogP contribution in [0.2, 0.25) is 0 Å². The molecule has 4 rings (SSSR count). The van der Waals surface area contributed by atoms with Crippen molar-refractivity contribution in [3.63, 3.8) is 0 Å². The number of amides is 1. The summed E-state index contributed by atoms with van der Waals surface area (Å²) in [7, 11) is 2.22. The molecule has 6 heteroatoms. The van der Waals surface area contributed by atoms with E-state index in [2.05, 4.69) is 27.5 Å². The maximum absolute atomic E-state index is 12.8. The van der Waals surface area contributed by atoms with Gasteiger partial charge in [0.15, 0.2) is 5.82 Å². The van der Waals surface area contributed by atoms with Gasteiger partial charge in [-0.15, -0.1) is 10.2 Å². The minimum absolute atomic E-state index is 0.0135. The molecule has 3 aromatic rings. The lowest BCUT2D eigenvalue weighted by Crippen LogP contribution is -3.12. The Hall–Kier alpha value is -3.25. The molecule has 1 aliphatic rings. The molecule has 1 atom stereocenters. The predicted molar refractivity (Wildman–Crippen MR) is 124 cm³/mol. The highest BCUT2D eigenvalue weighted by Crippen LogP contribution is 2.24. The van der Waals surface area contributed by atoms with Crippen molar-refractivity contribution in [2.45, 2.75) is 19.3 Å². The van der Waals surface area contributed by atoms with Crippen molar-refractivity contribution >= 4 is 17.4 Å². The second kappa shape index (κ2) is 9.71. The van der Waals surface area contributed by atoms with Crippen molar-refractivity contribution < 1.29 is 9.69 Å². The molecule has 1 fully saturated rings. The van der Waals surface area contributed by atoms with Crippen molar-refractivity contribution in [3.8, 4) is 11.3 Å². The molecule has 0 radical (unpaired) electrons. The molecule has 1 saturated heterocycles. The van der Waals surface area contributed by atoms with E-state index in [1.807, 2.05) is 73.7 Å². The van der Waals surface area contributed by atoms with Crippen molar-refractivity contribution in [1.82, 2.24) is 10.2 Å². The molecule has 2 heterocycles. The number of benzene rings is 2. The van der Waals surface area contributed by atoms with E-state index >= 15 is 0 Å². The first kappa shape index (κ1) is 21.0. The van der Waals surface area contributed by atoms with E-state index in [0.717, 1.165) is 60.9 Å². The van der Waals surface area contributed by atoms with Gasteiger partial charge in [0.05, 0.1) is 44.8 Å². The van der Waals surface area contributed by atoms with Crippen molar-refractivity contribution in [2.75, 3.05) is 43.4 Å². The number of quaternary nitrogens is 1. The average molecular weight is 417 g/mol. The molecule has 0 spiro atoms. The summed E-state index contributed by atoms with van der Waals surface area (Å²) < 4.78 is 0. The molecule has 2 N–H and O–H groups in total. The number of likely N-dealkylation sites (N-methyl/N-ethyl adjacent to an activating group) is 1. The minimum Gasteiger partial charge on any atom is -0.344 e. The second-order valence-corrected chi connectivity index (χ2v) is 8.16. The summed E-state index contributed by atoms with van der Waals surface area (Å²) in [6.45, 7) is 6.30. The van der Waals surface area contributed by atoms with Gasteiger partial charge in [-0.3, -0.25) is 4.79 Å². The number of nitrogens with one attached hydrogen (secondary N) is 2. The number of anilines is 2. The third-order valence-electron chi connectivity index (χ3n) is 5.97. The standard InChI is InChI=1S/C25H29N5O/c1-3-22(19-7-5-4-6-8-19)25(31)26-21-11-9-20(10-12-21)23-13-14-24(28-27-23)30-17-15-29(2)16-18-30/h4-14,22H,3,15-18H2,1-2H3,(H,26,31)/p+1/t22-/m0/s1. The molecular formula is C25H30N5O+. The number of aromatic nitrogens is 2. The van der Waals surface area contributed by atoms with Crippen LogP contribution in [0.25, 0.3) is 11.3 Å². The summed E-state index contributed by atoms with van der Waals surface area (Å²) in [6.07, 6.45) is 0.754. The average Bonchev–Trinajstić information content (AvgIpc) is 2.81. The van der Waals surface area contributed by atoms with Gasteiger partial charge in [0.25, 0.3) is 0 Å². The highest BCUT2D eigenvalue weighted by molar-refractivity contribution is 5.96. The summed E-state index contributed by atoms with van der Waals surface area (Å²) >= 11 is 0. The molecule has 1 amide bonds. The van der Waals surface area contributed by atoms with Crippen LogP contribution in [-0.4, -0.2) is 49.3 Å². The Morgan fingerprint density at radius 2 is 1.71 bits per heavy atom. The number of hydrogen-bond donors (Lipinski definition) is 2. The Balaban J connectivity index is 1.40. The fraction of sp³-hybridized carbons (Fsp3) is 0.320. The molecular weight excluding hydrogens is 386 g/mol. The van der Waals surface area contributed by atoms with Crippen LogP contribution in [-0.2, 0) is 4.79 Å².